The monoisotopic (exact) mass is 832 g/mol. The van der Waals surface area contributed by atoms with Gasteiger partial charge in [0.25, 0.3) is 0 Å². The molecule has 0 bridgehead atoms. The molecule has 0 spiro atoms. The Morgan fingerprint density at radius 2 is 0.844 bits per heavy atom. The number of para-hydroxylation sites is 2. The molecule has 64 heavy (non-hydrogen) atoms. The van der Waals surface area contributed by atoms with E-state index in [4.69, 9.17) is 0 Å². The van der Waals surface area contributed by atoms with E-state index in [1.807, 2.05) is 11.3 Å². The molecule has 0 unspecified atom stereocenters. The van der Waals surface area contributed by atoms with Crippen LogP contribution in [0.1, 0.15) is 22.3 Å². The van der Waals surface area contributed by atoms with Gasteiger partial charge in [-0.1, -0.05) is 182 Å². The Morgan fingerprint density at radius 1 is 0.344 bits per heavy atom. The maximum Gasteiger partial charge on any atom is 0.0714 e. The summed E-state index contributed by atoms with van der Waals surface area (Å²) in [6, 6.07) is 89.5. The Balaban J connectivity index is 1.00. The van der Waals surface area contributed by atoms with Crippen LogP contribution in [0.4, 0.5) is 17.1 Å². The highest BCUT2D eigenvalue weighted by Gasteiger charge is 2.46. The van der Waals surface area contributed by atoms with Crippen LogP contribution < -0.4 is 4.90 Å². The summed E-state index contributed by atoms with van der Waals surface area (Å²) in [6.45, 7) is 0. The second-order valence-electron chi connectivity index (χ2n) is 16.8. The van der Waals surface area contributed by atoms with Crippen LogP contribution in [0.25, 0.3) is 69.9 Å². The Morgan fingerprint density at radius 3 is 1.53 bits per heavy atom. The van der Waals surface area contributed by atoms with Crippen molar-refractivity contribution in [3.63, 3.8) is 0 Å². The molecule has 10 aromatic carbocycles. The Kier molecular flexibility index (Phi) is 8.34. The number of rotatable bonds is 7. The standard InChI is InChI=1S/C61H40N2S/c1-4-16-41(17-5-1)42-28-30-45(31-29-42)62(46-32-35-50-49-22-10-13-25-55(49)61(56(50)38-46,43-18-6-2-7-19-43)44-20-8-3-9-21-44)47-33-36-53-54-37-34-48(40-60(54)64-59(53)39-47)63-57-26-14-11-23-51(57)52-24-12-15-27-58(52)63/h1-40H. The van der Waals surface area contributed by atoms with Crippen LogP contribution in [0.2, 0.25) is 0 Å². The predicted molar refractivity (Wildman–Crippen MR) is 271 cm³/mol. The number of fused-ring (bicyclic) bond motifs is 9. The molecule has 12 aromatic rings. The molecule has 2 aromatic heterocycles. The van der Waals surface area contributed by atoms with E-state index in [2.05, 4.69) is 252 Å². The van der Waals surface area contributed by atoms with Crippen LogP contribution in [0.5, 0.6) is 0 Å². The Bertz CT molecular complexity index is 3620. The number of benzene rings is 10. The zero-order valence-electron chi connectivity index (χ0n) is 34.9. The van der Waals surface area contributed by atoms with E-state index in [1.54, 1.807) is 0 Å². The largest absolute Gasteiger partial charge is 0.310 e. The Labute approximate surface area is 376 Å². The molecule has 2 heterocycles. The van der Waals surface area contributed by atoms with Crippen molar-refractivity contribution in [3.05, 3.63) is 265 Å². The molecule has 0 saturated carbocycles. The third-order valence-corrected chi connectivity index (χ3v) is 14.6. The van der Waals surface area contributed by atoms with Crippen LogP contribution in [0, 0.1) is 0 Å². The summed E-state index contributed by atoms with van der Waals surface area (Å²) in [5.41, 5.74) is 16.5. The summed E-state index contributed by atoms with van der Waals surface area (Å²) in [4.78, 5) is 2.45. The van der Waals surface area contributed by atoms with E-state index in [0.717, 1.165) is 17.1 Å². The molecule has 0 aliphatic heterocycles. The quantitative estimate of drug-likeness (QED) is 0.155. The van der Waals surface area contributed by atoms with E-state index < -0.39 is 5.41 Å². The highest BCUT2D eigenvalue weighted by Crippen LogP contribution is 2.57. The smallest absolute Gasteiger partial charge is 0.0714 e. The fourth-order valence-electron chi connectivity index (χ4n) is 10.7. The summed E-state index contributed by atoms with van der Waals surface area (Å²) in [6.07, 6.45) is 0. The van der Waals surface area contributed by atoms with Gasteiger partial charge >= 0.3 is 0 Å². The van der Waals surface area contributed by atoms with Gasteiger partial charge in [0, 0.05) is 53.7 Å². The molecule has 0 N–H and O–H groups in total. The minimum absolute atomic E-state index is 0.503. The second kappa shape index (κ2) is 14.6. The average molecular weight is 833 g/mol. The number of aromatic nitrogens is 1. The number of hydrogen-bond donors (Lipinski definition) is 0. The molecule has 1 aliphatic rings. The molecule has 0 saturated heterocycles. The average Bonchev–Trinajstić information content (AvgIpc) is 4.01. The lowest BCUT2D eigenvalue weighted by Crippen LogP contribution is -2.28. The minimum atomic E-state index is -0.503. The molecule has 0 radical (unpaired) electrons. The van der Waals surface area contributed by atoms with Crippen molar-refractivity contribution in [1.82, 2.24) is 4.57 Å². The number of nitrogens with zero attached hydrogens (tertiary/aromatic N) is 2. The minimum Gasteiger partial charge on any atom is -0.310 e. The van der Waals surface area contributed by atoms with Crippen LogP contribution in [0.15, 0.2) is 243 Å². The van der Waals surface area contributed by atoms with E-state index in [1.165, 1.54) is 92.2 Å². The molecule has 13 rings (SSSR count). The summed E-state index contributed by atoms with van der Waals surface area (Å²) in [5, 5.41) is 5.10. The van der Waals surface area contributed by atoms with E-state index >= 15 is 0 Å². The Hall–Kier alpha value is -7.98. The summed E-state index contributed by atoms with van der Waals surface area (Å²) >= 11 is 1.87. The third kappa shape index (κ3) is 5.51. The van der Waals surface area contributed by atoms with Crippen molar-refractivity contribution in [1.29, 1.82) is 0 Å². The zero-order chi connectivity index (χ0) is 42.2. The number of thiophene rings is 1. The first kappa shape index (κ1) is 36.7. The summed E-state index contributed by atoms with van der Waals surface area (Å²) < 4.78 is 4.95. The lowest BCUT2D eigenvalue weighted by molar-refractivity contribution is 0.768. The van der Waals surface area contributed by atoms with Crippen LogP contribution in [0.3, 0.4) is 0 Å². The highest BCUT2D eigenvalue weighted by molar-refractivity contribution is 7.25. The van der Waals surface area contributed by atoms with Gasteiger partial charge in [-0.25, -0.2) is 0 Å². The SMILES string of the molecule is c1ccc(-c2ccc(N(c3ccc4c(c3)C(c3ccccc3)(c3ccccc3)c3ccccc3-4)c3ccc4c(c3)sc3cc(-n5c6ccccc6c6ccccc65)ccc34)cc2)cc1. The predicted octanol–water partition coefficient (Wildman–Crippen LogP) is 16.7. The highest BCUT2D eigenvalue weighted by atomic mass is 32.1. The second-order valence-corrected chi connectivity index (χ2v) is 17.9. The van der Waals surface area contributed by atoms with Crippen LogP contribution >= 0.6 is 11.3 Å². The van der Waals surface area contributed by atoms with Gasteiger partial charge in [-0.2, -0.15) is 0 Å². The van der Waals surface area contributed by atoms with Gasteiger partial charge in [0.05, 0.1) is 16.4 Å². The van der Waals surface area contributed by atoms with E-state index in [9.17, 15) is 0 Å². The van der Waals surface area contributed by atoms with Crippen LogP contribution in [-0.4, -0.2) is 4.57 Å². The molecule has 0 amide bonds. The zero-order valence-corrected chi connectivity index (χ0v) is 35.7. The third-order valence-electron chi connectivity index (χ3n) is 13.5. The van der Waals surface area contributed by atoms with Gasteiger partial charge in [0.2, 0.25) is 0 Å². The van der Waals surface area contributed by atoms with Crippen molar-refractivity contribution < 1.29 is 0 Å². The lowest BCUT2D eigenvalue weighted by Gasteiger charge is -2.35. The maximum atomic E-state index is 2.47. The summed E-state index contributed by atoms with van der Waals surface area (Å²) in [5.74, 6) is 0. The summed E-state index contributed by atoms with van der Waals surface area (Å²) in [7, 11) is 0. The van der Waals surface area contributed by atoms with Crippen molar-refractivity contribution in [2.45, 2.75) is 5.41 Å². The van der Waals surface area contributed by atoms with Crippen molar-refractivity contribution in [2.75, 3.05) is 4.90 Å². The molecule has 2 nitrogen and oxygen atoms in total. The fourth-order valence-corrected chi connectivity index (χ4v) is 11.9. The van der Waals surface area contributed by atoms with Crippen LogP contribution in [-0.2, 0) is 5.41 Å². The van der Waals surface area contributed by atoms with Crippen molar-refractivity contribution >= 4 is 70.4 Å². The van der Waals surface area contributed by atoms with Gasteiger partial charge in [-0.15, -0.1) is 11.3 Å². The normalized spacial score (nSPS) is 12.8. The first-order chi connectivity index (χ1) is 31.7. The van der Waals surface area contributed by atoms with Gasteiger partial charge in [-0.05, 0) is 105 Å². The molecule has 0 atom stereocenters. The van der Waals surface area contributed by atoms with E-state index in [-0.39, 0.29) is 0 Å². The molecule has 0 fully saturated rings. The molecule has 3 heteroatoms. The van der Waals surface area contributed by atoms with Gasteiger partial charge in [0.15, 0.2) is 0 Å². The molecule has 1 aliphatic carbocycles. The first-order valence-electron chi connectivity index (χ1n) is 22.0. The van der Waals surface area contributed by atoms with Gasteiger partial charge in [0.1, 0.15) is 0 Å². The van der Waals surface area contributed by atoms with Gasteiger partial charge in [-0.3, -0.25) is 0 Å². The van der Waals surface area contributed by atoms with Gasteiger partial charge < -0.3 is 9.47 Å². The lowest BCUT2D eigenvalue weighted by atomic mass is 9.67. The maximum absolute atomic E-state index is 2.47. The molecular formula is C61H40N2S. The molecule has 300 valence electrons. The van der Waals surface area contributed by atoms with Crippen molar-refractivity contribution in [2.24, 2.45) is 0 Å². The van der Waals surface area contributed by atoms with Crippen molar-refractivity contribution in [3.8, 4) is 27.9 Å². The van der Waals surface area contributed by atoms with E-state index in [0.29, 0.717) is 0 Å². The topological polar surface area (TPSA) is 8.17 Å². The molecular weight excluding hydrogens is 793 g/mol. The number of anilines is 3. The number of hydrogen-bond acceptors (Lipinski definition) is 2. The fraction of sp³-hybridized carbons (Fsp3) is 0.0164. The first-order valence-corrected chi connectivity index (χ1v) is 22.8.